The van der Waals surface area contributed by atoms with Crippen molar-refractivity contribution in [2.75, 3.05) is 6.61 Å². The van der Waals surface area contributed by atoms with Crippen molar-refractivity contribution in [3.8, 4) is 5.75 Å². The molecule has 4 heteroatoms. The van der Waals surface area contributed by atoms with Crippen molar-refractivity contribution in [3.63, 3.8) is 0 Å². The predicted molar refractivity (Wildman–Crippen MR) is 73.1 cm³/mol. The molecule has 0 radical (unpaired) electrons. The summed E-state index contributed by atoms with van der Waals surface area (Å²) < 4.78 is 5.70. The van der Waals surface area contributed by atoms with Crippen LogP contribution in [-0.4, -0.2) is 23.8 Å². The van der Waals surface area contributed by atoms with Gasteiger partial charge >= 0.3 is 7.12 Å². The van der Waals surface area contributed by atoms with Crippen molar-refractivity contribution in [1.29, 1.82) is 0 Å². The van der Waals surface area contributed by atoms with E-state index in [1.807, 2.05) is 12.2 Å². The molecular weight excluding hydrogens is 227 g/mol. The van der Waals surface area contributed by atoms with E-state index in [-0.39, 0.29) is 5.41 Å². The first kappa shape index (κ1) is 12.9. The minimum absolute atomic E-state index is 0.177. The largest absolute Gasteiger partial charge is 0.492 e. The standard InChI is InChI=1S/C14H17BO3/c1-3-7-14(8-4-2)10-18-13-6-5-11(15(16)17)9-12(13)14/h3-6,9,16-17H,1-2,7-8,10H2. The number of rotatable bonds is 5. The number of hydrogen-bond donors (Lipinski definition) is 2. The maximum atomic E-state index is 9.26. The second kappa shape index (κ2) is 5.00. The molecule has 0 atom stereocenters. The Bertz CT molecular complexity index is 458. The van der Waals surface area contributed by atoms with Gasteiger partial charge in [-0.15, -0.1) is 13.2 Å². The zero-order valence-electron chi connectivity index (χ0n) is 10.3. The molecule has 0 amide bonds. The third-order valence-electron chi connectivity index (χ3n) is 3.45. The molecule has 2 rings (SSSR count). The van der Waals surface area contributed by atoms with Gasteiger partial charge in [-0.1, -0.05) is 24.3 Å². The Morgan fingerprint density at radius 3 is 2.50 bits per heavy atom. The molecule has 0 aromatic heterocycles. The fraction of sp³-hybridized carbons (Fsp3) is 0.286. The average molecular weight is 244 g/mol. The van der Waals surface area contributed by atoms with Gasteiger partial charge in [-0.3, -0.25) is 0 Å². The van der Waals surface area contributed by atoms with Gasteiger partial charge in [0, 0.05) is 11.0 Å². The molecule has 18 heavy (non-hydrogen) atoms. The van der Waals surface area contributed by atoms with E-state index in [1.54, 1.807) is 18.2 Å². The summed E-state index contributed by atoms with van der Waals surface area (Å²) in [4.78, 5) is 0. The molecule has 0 saturated carbocycles. The second-order valence-corrected chi connectivity index (χ2v) is 4.68. The number of benzene rings is 1. The van der Waals surface area contributed by atoms with Crippen molar-refractivity contribution >= 4 is 12.6 Å². The minimum atomic E-state index is -1.46. The molecule has 0 unspecified atom stereocenters. The highest BCUT2D eigenvalue weighted by Gasteiger charge is 2.39. The highest BCUT2D eigenvalue weighted by atomic mass is 16.5. The van der Waals surface area contributed by atoms with E-state index in [2.05, 4.69) is 13.2 Å². The Morgan fingerprint density at radius 1 is 1.28 bits per heavy atom. The summed E-state index contributed by atoms with van der Waals surface area (Å²) in [6.07, 6.45) is 5.28. The fourth-order valence-corrected chi connectivity index (χ4v) is 2.52. The van der Waals surface area contributed by atoms with Crippen molar-refractivity contribution in [2.24, 2.45) is 0 Å². The van der Waals surface area contributed by atoms with Gasteiger partial charge in [0.2, 0.25) is 0 Å². The summed E-state index contributed by atoms with van der Waals surface area (Å²) in [7, 11) is -1.46. The van der Waals surface area contributed by atoms with Gasteiger partial charge in [-0.25, -0.2) is 0 Å². The Balaban J connectivity index is 2.48. The normalized spacial score (nSPS) is 15.7. The third-order valence-corrected chi connectivity index (χ3v) is 3.45. The lowest BCUT2D eigenvalue weighted by atomic mass is 9.72. The van der Waals surface area contributed by atoms with Crippen LogP contribution in [0.25, 0.3) is 0 Å². The van der Waals surface area contributed by atoms with Crippen LogP contribution in [0.4, 0.5) is 0 Å². The fourth-order valence-electron chi connectivity index (χ4n) is 2.52. The molecule has 1 aliphatic rings. The minimum Gasteiger partial charge on any atom is -0.492 e. The van der Waals surface area contributed by atoms with Crippen molar-refractivity contribution < 1.29 is 14.8 Å². The summed E-state index contributed by atoms with van der Waals surface area (Å²) in [5.74, 6) is 0.808. The van der Waals surface area contributed by atoms with E-state index in [4.69, 9.17) is 4.74 Å². The highest BCUT2D eigenvalue weighted by molar-refractivity contribution is 6.58. The van der Waals surface area contributed by atoms with Crippen LogP contribution < -0.4 is 10.2 Å². The lowest BCUT2D eigenvalue weighted by molar-refractivity contribution is 0.266. The van der Waals surface area contributed by atoms with Crippen LogP contribution in [0.1, 0.15) is 18.4 Å². The van der Waals surface area contributed by atoms with Crippen LogP contribution in [0.3, 0.4) is 0 Å². The first-order chi connectivity index (χ1) is 8.63. The Morgan fingerprint density at radius 2 is 1.94 bits per heavy atom. The number of ether oxygens (including phenoxy) is 1. The predicted octanol–water partition coefficient (Wildman–Crippen LogP) is 1.15. The molecule has 1 aliphatic heterocycles. The summed E-state index contributed by atoms with van der Waals surface area (Å²) in [5.41, 5.74) is 1.31. The lowest BCUT2D eigenvalue weighted by Crippen LogP contribution is -2.32. The summed E-state index contributed by atoms with van der Waals surface area (Å²) in [5, 5.41) is 18.5. The van der Waals surface area contributed by atoms with Crippen molar-refractivity contribution in [3.05, 3.63) is 49.1 Å². The van der Waals surface area contributed by atoms with Gasteiger partial charge in [-0.05, 0) is 24.4 Å². The van der Waals surface area contributed by atoms with Crippen LogP contribution in [-0.2, 0) is 5.41 Å². The van der Waals surface area contributed by atoms with E-state index < -0.39 is 7.12 Å². The first-order valence-corrected chi connectivity index (χ1v) is 5.98. The molecule has 0 aliphatic carbocycles. The number of hydrogen-bond acceptors (Lipinski definition) is 3. The maximum Gasteiger partial charge on any atom is 0.488 e. The molecule has 1 aromatic rings. The molecule has 1 heterocycles. The molecule has 0 saturated heterocycles. The van der Waals surface area contributed by atoms with Crippen LogP contribution in [0.15, 0.2) is 43.5 Å². The highest BCUT2D eigenvalue weighted by Crippen LogP contribution is 2.43. The lowest BCUT2D eigenvalue weighted by Gasteiger charge is -2.25. The second-order valence-electron chi connectivity index (χ2n) is 4.68. The topological polar surface area (TPSA) is 49.7 Å². The summed E-state index contributed by atoms with van der Waals surface area (Å²) >= 11 is 0. The molecule has 3 nitrogen and oxygen atoms in total. The monoisotopic (exact) mass is 244 g/mol. The van der Waals surface area contributed by atoms with E-state index in [1.165, 1.54) is 0 Å². The zero-order chi connectivity index (χ0) is 13.2. The Labute approximate surface area is 108 Å². The van der Waals surface area contributed by atoms with Gasteiger partial charge in [0.05, 0.1) is 6.61 Å². The van der Waals surface area contributed by atoms with Gasteiger partial charge in [0.15, 0.2) is 0 Å². The molecule has 1 aromatic carbocycles. The molecule has 0 spiro atoms. The van der Waals surface area contributed by atoms with Crippen molar-refractivity contribution in [2.45, 2.75) is 18.3 Å². The quantitative estimate of drug-likeness (QED) is 0.603. The van der Waals surface area contributed by atoms with Crippen LogP contribution in [0, 0.1) is 0 Å². The van der Waals surface area contributed by atoms with Gasteiger partial charge < -0.3 is 14.8 Å². The molecular formula is C14H17BO3. The van der Waals surface area contributed by atoms with Gasteiger partial charge in [0.1, 0.15) is 5.75 Å². The first-order valence-electron chi connectivity index (χ1n) is 5.98. The van der Waals surface area contributed by atoms with E-state index in [0.29, 0.717) is 12.1 Å². The smallest absolute Gasteiger partial charge is 0.488 e. The number of allylic oxidation sites excluding steroid dienone is 2. The van der Waals surface area contributed by atoms with Crippen LogP contribution in [0.2, 0.25) is 0 Å². The van der Waals surface area contributed by atoms with E-state index >= 15 is 0 Å². The average Bonchev–Trinajstić information content (AvgIpc) is 2.69. The Hall–Kier alpha value is -1.52. The van der Waals surface area contributed by atoms with E-state index in [9.17, 15) is 10.0 Å². The van der Waals surface area contributed by atoms with Crippen molar-refractivity contribution in [1.82, 2.24) is 0 Å². The Kier molecular flexibility index (Phi) is 3.59. The molecule has 0 bridgehead atoms. The van der Waals surface area contributed by atoms with Crippen LogP contribution >= 0.6 is 0 Å². The summed E-state index contributed by atoms with van der Waals surface area (Å²) in [6.45, 7) is 8.16. The number of fused-ring (bicyclic) bond motifs is 1. The molecule has 0 fully saturated rings. The maximum absolute atomic E-state index is 9.26. The van der Waals surface area contributed by atoms with Gasteiger partial charge in [0.25, 0.3) is 0 Å². The van der Waals surface area contributed by atoms with Gasteiger partial charge in [-0.2, -0.15) is 0 Å². The van der Waals surface area contributed by atoms with E-state index in [0.717, 1.165) is 24.2 Å². The third kappa shape index (κ3) is 2.09. The molecule has 94 valence electrons. The van der Waals surface area contributed by atoms with Crippen LogP contribution in [0.5, 0.6) is 5.75 Å². The zero-order valence-corrected chi connectivity index (χ0v) is 10.3. The summed E-state index contributed by atoms with van der Waals surface area (Å²) in [6, 6.07) is 5.26. The molecule has 2 N–H and O–H groups in total. The SMILES string of the molecule is C=CCC1(CC=C)COc2ccc(B(O)O)cc21.